The monoisotopic (exact) mass is 250 g/mol. The first-order valence-corrected chi connectivity index (χ1v) is 7.22. The minimum Gasteiger partial charge on any atom is -0.444 e. The summed E-state index contributed by atoms with van der Waals surface area (Å²) >= 11 is 0. The molecule has 1 aromatic rings. The van der Waals surface area contributed by atoms with E-state index in [9.17, 15) is 0 Å². The van der Waals surface area contributed by atoms with Gasteiger partial charge in [0.2, 0.25) is 5.89 Å². The summed E-state index contributed by atoms with van der Waals surface area (Å²) in [5.74, 6) is 3.46. The highest BCUT2D eigenvalue weighted by Crippen LogP contribution is 2.30. The van der Waals surface area contributed by atoms with Crippen molar-refractivity contribution in [1.82, 2.24) is 10.3 Å². The van der Waals surface area contributed by atoms with Crippen LogP contribution in [0.1, 0.15) is 56.9 Å². The first kappa shape index (κ1) is 13.6. The summed E-state index contributed by atoms with van der Waals surface area (Å²) in [6, 6.07) is 0.638. The van der Waals surface area contributed by atoms with E-state index in [0.717, 1.165) is 35.7 Å². The second kappa shape index (κ2) is 5.87. The molecule has 2 unspecified atom stereocenters. The van der Waals surface area contributed by atoms with Crippen LogP contribution in [0.5, 0.6) is 0 Å². The van der Waals surface area contributed by atoms with Gasteiger partial charge in [-0.25, -0.2) is 4.98 Å². The van der Waals surface area contributed by atoms with E-state index >= 15 is 0 Å². The Kier molecular flexibility index (Phi) is 4.44. The summed E-state index contributed by atoms with van der Waals surface area (Å²) in [6.07, 6.45) is 5.34. The molecule has 102 valence electrons. The molecule has 1 aromatic heterocycles. The second-order valence-electron chi connectivity index (χ2n) is 6.00. The Morgan fingerprint density at radius 2 is 2.11 bits per heavy atom. The highest BCUT2D eigenvalue weighted by Gasteiger charge is 2.24. The van der Waals surface area contributed by atoms with E-state index in [4.69, 9.17) is 4.42 Å². The Labute approximate surface area is 110 Å². The average Bonchev–Trinajstić information content (AvgIpc) is 2.67. The Morgan fingerprint density at radius 3 is 2.72 bits per heavy atom. The van der Waals surface area contributed by atoms with Crippen LogP contribution in [0.15, 0.2) is 4.42 Å². The number of oxazole rings is 1. The van der Waals surface area contributed by atoms with E-state index in [1.807, 2.05) is 13.8 Å². The smallest absolute Gasteiger partial charge is 0.208 e. The summed E-state index contributed by atoms with van der Waals surface area (Å²) in [4.78, 5) is 4.42. The highest BCUT2D eigenvalue weighted by molar-refractivity contribution is 5.05. The molecule has 0 bridgehead atoms. The molecular formula is C15H26N2O. The van der Waals surface area contributed by atoms with Crippen LogP contribution in [0, 0.1) is 25.7 Å². The number of aromatic nitrogens is 1. The minimum absolute atomic E-state index is 0.638. The van der Waals surface area contributed by atoms with Gasteiger partial charge >= 0.3 is 0 Å². The predicted octanol–water partition coefficient (Wildman–Crippen LogP) is 3.60. The molecule has 1 saturated carbocycles. The number of aryl methyl sites for hydroxylation is 2. The minimum atomic E-state index is 0.638. The van der Waals surface area contributed by atoms with Crippen molar-refractivity contribution in [3.63, 3.8) is 0 Å². The van der Waals surface area contributed by atoms with Gasteiger partial charge in [-0.05, 0) is 38.5 Å². The van der Waals surface area contributed by atoms with Gasteiger partial charge in [0, 0.05) is 6.04 Å². The number of hydrogen-bond acceptors (Lipinski definition) is 3. The Bertz CT molecular complexity index is 364. The van der Waals surface area contributed by atoms with Crippen molar-refractivity contribution in [2.24, 2.45) is 11.8 Å². The van der Waals surface area contributed by atoms with Crippen molar-refractivity contribution in [3.8, 4) is 0 Å². The normalized spacial score (nSPS) is 24.7. The van der Waals surface area contributed by atoms with Gasteiger partial charge in [0.05, 0.1) is 12.2 Å². The third-order valence-corrected chi connectivity index (χ3v) is 4.27. The lowest BCUT2D eigenvalue weighted by molar-refractivity contribution is 0.227. The Hall–Kier alpha value is -0.830. The van der Waals surface area contributed by atoms with Crippen LogP contribution in [-0.4, -0.2) is 11.0 Å². The molecule has 0 spiro atoms. The van der Waals surface area contributed by atoms with Gasteiger partial charge in [-0.1, -0.05) is 26.7 Å². The van der Waals surface area contributed by atoms with Gasteiger partial charge in [-0.2, -0.15) is 0 Å². The van der Waals surface area contributed by atoms with Crippen LogP contribution >= 0.6 is 0 Å². The standard InChI is InChI=1S/C15H26N2O/c1-10(2)13-6-5-7-14(8-13)16-9-15-17-11(3)12(4)18-15/h10,13-14,16H,5-9H2,1-4H3. The molecule has 0 radical (unpaired) electrons. The van der Waals surface area contributed by atoms with Crippen molar-refractivity contribution in [3.05, 3.63) is 17.3 Å². The zero-order chi connectivity index (χ0) is 13.1. The van der Waals surface area contributed by atoms with Crippen LogP contribution in [-0.2, 0) is 6.54 Å². The van der Waals surface area contributed by atoms with Crippen molar-refractivity contribution in [1.29, 1.82) is 0 Å². The number of rotatable bonds is 4. The van der Waals surface area contributed by atoms with E-state index in [1.54, 1.807) is 0 Å². The molecule has 0 amide bonds. The summed E-state index contributed by atoms with van der Waals surface area (Å²) in [5, 5.41) is 3.61. The maximum absolute atomic E-state index is 5.61. The molecule has 1 fully saturated rings. The maximum Gasteiger partial charge on any atom is 0.208 e. The lowest BCUT2D eigenvalue weighted by Crippen LogP contribution is -2.35. The molecule has 1 heterocycles. The molecule has 0 saturated heterocycles. The summed E-state index contributed by atoms with van der Waals surface area (Å²) in [6.45, 7) is 9.42. The quantitative estimate of drug-likeness (QED) is 0.887. The molecule has 0 aliphatic heterocycles. The molecule has 2 rings (SSSR count). The summed E-state index contributed by atoms with van der Waals surface area (Å²) in [5.41, 5.74) is 1.01. The van der Waals surface area contributed by atoms with Gasteiger partial charge in [-0.3, -0.25) is 0 Å². The third kappa shape index (κ3) is 3.35. The molecule has 3 heteroatoms. The molecule has 1 aliphatic rings. The summed E-state index contributed by atoms with van der Waals surface area (Å²) < 4.78 is 5.61. The zero-order valence-electron chi connectivity index (χ0n) is 12.1. The van der Waals surface area contributed by atoms with E-state index in [2.05, 4.69) is 24.1 Å². The van der Waals surface area contributed by atoms with E-state index < -0.39 is 0 Å². The van der Waals surface area contributed by atoms with Crippen molar-refractivity contribution in [2.45, 2.75) is 66.0 Å². The maximum atomic E-state index is 5.61. The van der Waals surface area contributed by atoms with Crippen LogP contribution in [0.3, 0.4) is 0 Å². The van der Waals surface area contributed by atoms with Crippen molar-refractivity contribution in [2.75, 3.05) is 0 Å². The zero-order valence-corrected chi connectivity index (χ0v) is 12.1. The van der Waals surface area contributed by atoms with E-state index in [0.29, 0.717) is 6.04 Å². The van der Waals surface area contributed by atoms with Gasteiger partial charge < -0.3 is 9.73 Å². The van der Waals surface area contributed by atoms with Crippen molar-refractivity contribution < 1.29 is 4.42 Å². The van der Waals surface area contributed by atoms with Gasteiger partial charge in [0.15, 0.2) is 0 Å². The van der Waals surface area contributed by atoms with E-state index in [-0.39, 0.29) is 0 Å². The van der Waals surface area contributed by atoms with Crippen LogP contribution in [0.4, 0.5) is 0 Å². The molecule has 0 aromatic carbocycles. The number of nitrogens with zero attached hydrogens (tertiary/aromatic N) is 1. The van der Waals surface area contributed by atoms with Gasteiger partial charge in [0.25, 0.3) is 0 Å². The van der Waals surface area contributed by atoms with Crippen LogP contribution in [0.2, 0.25) is 0 Å². The average molecular weight is 250 g/mol. The molecule has 2 atom stereocenters. The summed E-state index contributed by atoms with van der Waals surface area (Å²) in [7, 11) is 0. The Balaban J connectivity index is 1.82. The molecule has 3 nitrogen and oxygen atoms in total. The lowest BCUT2D eigenvalue weighted by Gasteiger charge is -2.32. The van der Waals surface area contributed by atoms with Crippen molar-refractivity contribution >= 4 is 0 Å². The Morgan fingerprint density at radius 1 is 1.33 bits per heavy atom. The topological polar surface area (TPSA) is 38.1 Å². The lowest BCUT2D eigenvalue weighted by atomic mass is 9.79. The fraction of sp³-hybridized carbons (Fsp3) is 0.800. The fourth-order valence-electron chi connectivity index (χ4n) is 2.86. The first-order chi connectivity index (χ1) is 8.56. The SMILES string of the molecule is Cc1nc(CNC2CCCC(C(C)C)C2)oc1C. The van der Waals surface area contributed by atoms with E-state index in [1.165, 1.54) is 25.7 Å². The fourth-order valence-corrected chi connectivity index (χ4v) is 2.86. The van der Waals surface area contributed by atoms with Gasteiger partial charge in [0.1, 0.15) is 5.76 Å². The van der Waals surface area contributed by atoms with Crippen LogP contribution in [0.25, 0.3) is 0 Å². The molecule has 1 N–H and O–H groups in total. The van der Waals surface area contributed by atoms with Gasteiger partial charge in [-0.15, -0.1) is 0 Å². The molecular weight excluding hydrogens is 224 g/mol. The van der Waals surface area contributed by atoms with Crippen LogP contribution < -0.4 is 5.32 Å². The predicted molar refractivity (Wildman–Crippen MR) is 73.4 cm³/mol. The third-order valence-electron chi connectivity index (χ3n) is 4.27. The molecule has 1 aliphatic carbocycles. The molecule has 18 heavy (non-hydrogen) atoms. The first-order valence-electron chi connectivity index (χ1n) is 7.22. The second-order valence-corrected chi connectivity index (χ2v) is 6.00. The number of hydrogen-bond donors (Lipinski definition) is 1. The highest BCUT2D eigenvalue weighted by atomic mass is 16.4. The number of nitrogens with one attached hydrogen (secondary N) is 1. The largest absolute Gasteiger partial charge is 0.444 e.